The van der Waals surface area contributed by atoms with Crippen LogP contribution >= 0.6 is 0 Å². The first-order valence-corrected chi connectivity index (χ1v) is 8.92. The van der Waals surface area contributed by atoms with Gasteiger partial charge in [-0.3, -0.25) is 14.8 Å². The van der Waals surface area contributed by atoms with Gasteiger partial charge in [0.25, 0.3) is 0 Å². The highest BCUT2D eigenvalue weighted by molar-refractivity contribution is 7.89. The molecule has 0 saturated carbocycles. The Hall–Kier alpha value is -2.84. The molecular weight excluding hydrogens is 340 g/mol. The van der Waals surface area contributed by atoms with E-state index in [1.165, 1.54) is 25.5 Å². The van der Waals surface area contributed by atoms with Crippen LogP contribution in [-0.4, -0.2) is 42.2 Å². The van der Waals surface area contributed by atoms with Gasteiger partial charge in [-0.25, -0.2) is 8.42 Å². The van der Waals surface area contributed by atoms with Gasteiger partial charge in [-0.2, -0.15) is 4.31 Å². The second kappa shape index (κ2) is 6.96. The first-order valence-electron chi connectivity index (χ1n) is 7.48. The monoisotopic (exact) mass is 356 g/mol. The Morgan fingerprint density at radius 3 is 2.64 bits per heavy atom. The molecule has 0 unspecified atom stereocenters. The molecule has 0 aliphatic carbocycles. The summed E-state index contributed by atoms with van der Waals surface area (Å²) in [4.78, 5) is 20.2. The van der Waals surface area contributed by atoms with Gasteiger partial charge in [-0.15, -0.1) is 0 Å². The van der Waals surface area contributed by atoms with E-state index in [4.69, 9.17) is 0 Å². The molecule has 0 radical (unpaired) electrons. The van der Waals surface area contributed by atoms with E-state index in [1.54, 1.807) is 42.6 Å². The number of nitrogens with one attached hydrogen (secondary N) is 1. The first kappa shape index (κ1) is 17.0. The molecule has 25 heavy (non-hydrogen) atoms. The van der Waals surface area contributed by atoms with Crippen LogP contribution in [0.3, 0.4) is 0 Å². The van der Waals surface area contributed by atoms with Gasteiger partial charge in [-0.1, -0.05) is 18.2 Å². The number of rotatable bonds is 5. The maximum atomic E-state index is 12.8. The van der Waals surface area contributed by atoms with Crippen molar-refractivity contribution in [3.05, 3.63) is 61.1 Å². The highest BCUT2D eigenvalue weighted by Crippen LogP contribution is 2.23. The Morgan fingerprint density at radius 2 is 1.88 bits per heavy atom. The van der Waals surface area contributed by atoms with Gasteiger partial charge in [0, 0.05) is 24.8 Å². The van der Waals surface area contributed by atoms with Gasteiger partial charge in [0.2, 0.25) is 15.9 Å². The Balaban J connectivity index is 1.83. The van der Waals surface area contributed by atoms with Gasteiger partial charge in [0.15, 0.2) is 0 Å². The van der Waals surface area contributed by atoms with E-state index in [0.29, 0.717) is 11.2 Å². The van der Waals surface area contributed by atoms with E-state index in [0.717, 1.165) is 9.69 Å². The summed E-state index contributed by atoms with van der Waals surface area (Å²) in [5.74, 6) is -0.452. The third-order valence-corrected chi connectivity index (χ3v) is 5.43. The van der Waals surface area contributed by atoms with E-state index in [-0.39, 0.29) is 11.4 Å². The zero-order chi connectivity index (χ0) is 17.9. The average molecular weight is 356 g/mol. The molecule has 2 aromatic heterocycles. The number of sulfonamides is 1. The highest BCUT2D eigenvalue weighted by Gasteiger charge is 2.25. The molecule has 128 valence electrons. The van der Waals surface area contributed by atoms with E-state index in [9.17, 15) is 13.2 Å². The topological polar surface area (TPSA) is 92.3 Å². The second-order valence-corrected chi connectivity index (χ2v) is 7.40. The van der Waals surface area contributed by atoms with E-state index in [1.807, 2.05) is 0 Å². The van der Waals surface area contributed by atoms with Crippen LogP contribution in [-0.2, 0) is 14.8 Å². The standard InChI is InChI=1S/C17H16N4O3S/c1-21(12-16(22)20-14-7-4-9-18-11-14)25(23,24)15-8-2-5-13-6-3-10-19-17(13)15/h2-11H,12H2,1H3,(H,20,22). The zero-order valence-corrected chi connectivity index (χ0v) is 14.3. The summed E-state index contributed by atoms with van der Waals surface area (Å²) in [6, 6.07) is 11.8. The van der Waals surface area contributed by atoms with Crippen molar-refractivity contribution in [2.45, 2.75) is 4.90 Å². The van der Waals surface area contributed by atoms with Crippen molar-refractivity contribution in [2.24, 2.45) is 0 Å². The molecule has 0 saturated heterocycles. The Bertz CT molecular complexity index is 1000. The number of carbonyl (C=O) groups excluding carboxylic acids is 1. The van der Waals surface area contributed by atoms with Gasteiger partial charge in [-0.05, 0) is 24.3 Å². The fourth-order valence-electron chi connectivity index (χ4n) is 2.38. The van der Waals surface area contributed by atoms with E-state index in [2.05, 4.69) is 15.3 Å². The molecule has 0 bridgehead atoms. The molecule has 0 atom stereocenters. The summed E-state index contributed by atoms with van der Waals surface area (Å²) in [5.41, 5.74) is 0.884. The average Bonchev–Trinajstić information content (AvgIpc) is 2.61. The number of hydrogen-bond acceptors (Lipinski definition) is 5. The fraction of sp³-hybridized carbons (Fsp3) is 0.118. The summed E-state index contributed by atoms with van der Waals surface area (Å²) < 4.78 is 26.7. The van der Waals surface area contributed by atoms with Crippen molar-refractivity contribution in [1.82, 2.24) is 14.3 Å². The van der Waals surface area contributed by atoms with E-state index < -0.39 is 15.9 Å². The van der Waals surface area contributed by atoms with Crippen LogP contribution in [0.15, 0.2) is 66.0 Å². The van der Waals surface area contributed by atoms with Crippen molar-refractivity contribution in [3.63, 3.8) is 0 Å². The van der Waals surface area contributed by atoms with Crippen LogP contribution in [0.4, 0.5) is 5.69 Å². The SMILES string of the molecule is CN(CC(=O)Nc1cccnc1)S(=O)(=O)c1cccc2cccnc12. The number of benzene rings is 1. The predicted molar refractivity (Wildman–Crippen MR) is 94.4 cm³/mol. The minimum Gasteiger partial charge on any atom is -0.324 e. The summed E-state index contributed by atoms with van der Waals surface area (Å²) >= 11 is 0. The molecule has 1 aromatic carbocycles. The van der Waals surface area contributed by atoms with Crippen molar-refractivity contribution in [1.29, 1.82) is 0 Å². The molecule has 1 amide bonds. The fourth-order valence-corrected chi connectivity index (χ4v) is 3.67. The van der Waals surface area contributed by atoms with Crippen LogP contribution in [0.25, 0.3) is 10.9 Å². The number of hydrogen-bond donors (Lipinski definition) is 1. The largest absolute Gasteiger partial charge is 0.324 e. The van der Waals surface area contributed by atoms with E-state index >= 15 is 0 Å². The Kier molecular flexibility index (Phi) is 4.73. The van der Waals surface area contributed by atoms with Gasteiger partial charge < -0.3 is 5.32 Å². The number of carbonyl (C=O) groups is 1. The Labute approximate surface area is 145 Å². The molecule has 0 spiro atoms. The smallest absolute Gasteiger partial charge is 0.245 e. The van der Waals surface area contributed by atoms with Crippen molar-refractivity contribution in [2.75, 3.05) is 18.9 Å². The van der Waals surface area contributed by atoms with Crippen LogP contribution in [0, 0.1) is 0 Å². The lowest BCUT2D eigenvalue weighted by Crippen LogP contribution is -2.35. The van der Waals surface area contributed by atoms with Gasteiger partial charge in [0.05, 0.1) is 23.9 Å². The molecule has 2 heterocycles. The number of anilines is 1. The second-order valence-electron chi connectivity index (χ2n) is 5.38. The lowest BCUT2D eigenvalue weighted by Gasteiger charge is -2.17. The van der Waals surface area contributed by atoms with Crippen LogP contribution in [0.2, 0.25) is 0 Å². The number of amides is 1. The molecule has 0 fully saturated rings. The quantitative estimate of drug-likeness (QED) is 0.754. The first-order chi connectivity index (χ1) is 12.0. The Morgan fingerprint density at radius 1 is 1.12 bits per heavy atom. The van der Waals surface area contributed by atoms with Crippen molar-refractivity contribution < 1.29 is 13.2 Å². The molecule has 8 heteroatoms. The molecular formula is C17H16N4O3S. The van der Waals surface area contributed by atoms with Crippen LogP contribution in [0.5, 0.6) is 0 Å². The van der Waals surface area contributed by atoms with Crippen LogP contribution < -0.4 is 5.32 Å². The summed E-state index contributed by atoms with van der Waals surface area (Å²) in [5, 5.41) is 3.33. The highest BCUT2D eigenvalue weighted by atomic mass is 32.2. The summed E-state index contributed by atoms with van der Waals surface area (Å²) in [6.07, 6.45) is 4.61. The number of aromatic nitrogens is 2. The molecule has 3 aromatic rings. The number of pyridine rings is 2. The molecule has 1 N–H and O–H groups in total. The zero-order valence-electron chi connectivity index (χ0n) is 13.5. The van der Waals surface area contributed by atoms with Crippen molar-refractivity contribution >= 4 is 32.5 Å². The van der Waals surface area contributed by atoms with Crippen molar-refractivity contribution in [3.8, 4) is 0 Å². The maximum absolute atomic E-state index is 12.8. The lowest BCUT2D eigenvalue weighted by molar-refractivity contribution is -0.116. The minimum absolute atomic E-state index is 0.0716. The minimum atomic E-state index is -3.86. The molecule has 7 nitrogen and oxygen atoms in total. The third kappa shape index (κ3) is 3.65. The molecule has 0 aliphatic heterocycles. The van der Waals surface area contributed by atoms with Gasteiger partial charge >= 0.3 is 0 Å². The molecule has 3 rings (SSSR count). The predicted octanol–water partition coefficient (Wildman–Crippen LogP) is 1.89. The lowest BCUT2D eigenvalue weighted by atomic mass is 10.2. The third-order valence-electron chi connectivity index (χ3n) is 3.60. The number of fused-ring (bicyclic) bond motifs is 1. The summed E-state index contributed by atoms with van der Waals surface area (Å²) in [6.45, 7) is -0.319. The summed E-state index contributed by atoms with van der Waals surface area (Å²) in [7, 11) is -2.50. The number of nitrogens with zero attached hydrogens (tertiary/aromatic N) is 3. The number of likely N-dealkylation sites (N-methyl/N-ethyl adjacent to an activating group) is 1. The normalized spacial score (nSPS) is 11.6. The maximum Gasteiger partial charge on any atom is 0.245 e. The molecule has 0 aliphatic rings. The van der Waals surface area contributed by atoms with Gasteiger partial charge in [0.1, 0.15) is 4.90 Å². The number of para-hydroxylation sites is 1. The van der Waals surface area contributed by atoms with Crippen LogP contribution in [0.1, 0.15) is 0 Å².